The van der Waals surface area contributed by atoms with E-state index in [4.69, 9.17) is 5.73 Å². The van der Waals surface area contributed by atoms with Crippen LogP contribution < -0.4 is 5.73 Å². The van der Waals surface area contributed by atoms with Crippen molar-refractivity contribution in [3.8, 4) is 0 Å². The lowest BCUT2D eigenvalue weighted by Crippen LogP contribution is -2.47. The lowest BCUT2D eigenvalue weighted by atomic mass is 9.87. The van der Waals surface area contributed by atoms with Crippen molar-refractivity contribution in [3.05, 3.63) is 30.0 Å². The molecular formula is C17H21N5O. The van der Waals surface area contributed by atoms with E-state index in [1.807, 2.05) is 23.7 Å². The van der Waals surface area contributed by atoms with E-state index in [9.17, 15) is 4.79 Å². The predicted molar refractivity (Wildman–Crippen MR) is 88.8 cm³/mol. The Morgan fingerprint density at radius 1 is 1.39 bits per heavy atom. The molecule has 2 N–H and O–H groups in total. The number of carbonyl (C=O) groups excluding carboxylic acids is 1. The second kappa shape index (κ2) is 4.81. The van der Waals surface area contributed by atoms with Gasteiger partial charge in [0.05, 0.1) is 17.5 Å². The number of nitrogens with two attached hydrogens (primary N) is 1. The topological polar surface area (TPSA) is 76.5 Å². The first kappa shape index (κ1) is 14.2. The highest BCUT2D eigenvalue weighted by Gasteiger charge is 2.36. The van der Waals surface area contributed by atoms with Crippen molar-refractivity contribution < 1.29 is 4.79 Å². The third-order valence-electron chi connectivity index (χ3n) is 4.89. The number of carbonyl (C=O) groups is 1. The second-order valence-corrected chi connectivity index (χ2v) is 6.94. The third kappa shape index (κ3) is 2.48. The first-order valence-corrected chi connectivity index (χ1v) is 8.04. The quantitative estimate of drug-likeness (QED) is 0.939. The average Bonchev–Trinajstić information content (AvgIpc) is 3.21. The van der Waals surface area contributed by atoms with E-state index in [0.29, 0.717) is 6.42 Å². The molecular weight excluding hydrogens is 290 g/mol. The maximum atomic E-state index is 12.1. The number of hydrogen-bond donors (Lipinski definition) is 1. The Bertz CT molecular complexity index is 819. The Hall–Kier alpha value is -2.37. The number of amides is 1. The third-order valence-corrected chi connectivity index (χ3v) is 4.89. The van der Waals surface area contributed by atoms with E-state index >= 15 is 0 Å². The van der Waals surface area contributed by atoms with Gasteiger partial charge in [-0.05, 0) is 37.3 Å². The molecule has 2 heterocycles. The summed E-state index contributed by atoms with van der Waals surface area (Å²) in [5, 5.41) is 5.79. The number of benzene rings is 1. The van der Waals surface area contributed by atoms with Gasteiger partial charge in [0.2, 0.25) is 5.91 Å². The largest absolute Gasteiger partial charge is 0.369 e. The Morgan fingerprint density at radius 2 is 2.17 bits per heavy atom. The molecule has 0 saturated heterocycles. The number of guanidine groups is 1. The molecule has 1 fully saturated rings. The molecule has 6 nitrogen and oxygen atoms in total. The van der Waals surface area contributed by atoms with Crippen molar-refractivity contribution in [1.82, 2.24) is 14.7 Å². The summed E-state index contributed by atoms with van der Waals surface area (Å²) in [4.78, 5) is 18.1. The van der Waals surface area contributed by atoms with Gasteiger partial charge in [-0.1, -0.05) is 12.1 Å². The van der Waals surface area contributed by atoms with Crippen LogP contribution >= 0.6 is 0 Å². The Morgan fingerprint density at radius 3 is 2.87 bits per heavy atom. The molecule has 0 radical (unpaired) electrons. The summed E-state index contributed by atoms with van der Waals surface area (Å²) < 4.78 is 2.03. The van der Waals surface area contributed by atoms with Crippen LogP contribution in [0.5, 0.6) is 0 Å². The first-order chi connectivity index (χ1) is 10.9. The Kier molecular flexibility index (Phi) is 2.98. The van der Waals surface area contributed by atoms with Gasteiger partial charge in [-0.15, -0.1) is 0 Å². The molecule has 0 spiro atoms. The zero-order valence-corrected chi connectivity index (χ0v) is 13.5. The molecule has 1 aliphatic carbocycles. The van der Waals surface area contributed by atoms with E-state index in [1.165, 1.54) is 17.7 Å². The molecule has 6 heteroatoms. The smallest absolute Gasteiger partial charge is 0.231 e. The normalized spacial score (nSPS) is 25.0. The van der Waals surface area contributed by atoms with Crippen molar-refractivity contribution in [3.63, 3.8) is 0 Å². The van der Waals surface area contributed by atoms with Gasteiger partial charge < -0.3 is 5.73 Å². The van der Waals surface area contributed by atoms with Crippen molar-refractivity contribution in [1.29, 1.82) is 0 Å². The number of hydrogen-bond acceptors (Lipinski definition) is 4. The molecule has 2 aliphatic rings. The molecule has 0 unspecified atom stereocenters. The highest BCUT2D eigenvalue weighted by molar-refractivity contribution is 5.98. The van der Waals surface area contributed by atoms with Crippen LogP contribution in [0.1, 0.15) is 31.7 Å². The van der Waals surface area contributed by atoms with E-state index in [2.05, 4.69) is 22.4 Å². The number of fused-ring (bicyclic) bond motifs is 1. The molecule has 0 bridgehead atoms. The lowest BCUT2D eigenvalue weighted by molar-refractivity contribution is -0.128. The molecule has 1 aromatic heterocycles. The second-order valence-electron chi connectivity index (χ2n) is 6.94. The van der Waals surface area contributed by atoms with Crippen LogP contribution in [-0.4, -0.2) is 33.6 Å². The number of rotatable bonds is 3. The average molecular weight is 311 g/mol. The fourth-order valence-corrected chi connectivity index (χ4v) is 3.14. The van der Waals surface area contributed by atoms with E-state index in [1.54, 1.807) is 7.05 Å². The number of nitrogens with zero attached hydrogens (tertiary/aromatic N) is 4. The molecule has 1 atom stereocenters. The van der Waals surface area contributed by atoms with Crippen LogP contribution in [0.15, 0.2) is 29.4 Å². The van der Waals surface area contributed by atoms with Gasteiger partial charge in [-0.25, -0.2) is 4.99 Å². The summed E-state index contributed by atoms with van der Waals surface area (Å²) in [5.41, 5.74) is 7.20. The zero-order chi connectivity index (χ0) is 16.2. The Labute approximate surface area is 135 Å². The predicted octanol–water partition coefficient (Wildman–Crippen LogP) is 1.84. The van der Waals surface area contributed by atoms with Crippen molar-refractivity contribution in [2.75, 3.05) is 7.05 Å². The maximum absolute atomic E-state index is 12.1. The van der Waals surface area contributed by atoms with Gasteiger partial charge in [0.1, 0.15) is 0 Å². The molecule has 1 amide bonds. The van der Waals surface area contributed by atoms with E-state index in [-0.39, 0.29) is 11.9 Å². The molecule has 120 valence electrons. The monoisotopic (exact) mass is 311 g/mol. The SMILES string of the molecule is CN1C(=O)C[C@@](C)(c2ccc3cn(CC4CC4)nc3c2)N=C1N. The standard InChI is InChI=1S/C17H21N5O/c1-17(8-15(23)21(2)16(18)19-17)13-6-5-12-10-22(9-11-3-4-11)20-14(12)7-13/h5-7,10-11H,3-4,8-9H2,1-2H3,(H2,18,19)/t17-/m0/s1. The minimum absolute atomic E-state index is 0.0145. The summed E-state index contributed by atoms with van der Waals surface area (Å²) in [5.74, 6) is 1.04. The summed E-state index contributed by atoms with van der Waals surface area (Å²) in [6, 6.07) is 6.12. The highest BCUT2D eigenvalue weighted by Crippen LogP contribution is 2.35. The molecule has 4 rings (SSSR count). The summed E-state index contributed by atoms with van der Waals surface area (Å²) in [6.45, 7) is 2.95. The molecule has 1 aromatic carbocycles. The number of aliphatic imine (C=N–C) groups is 1. The van der Waals surface area contributed by atoms with Crippen LogP contribution in [0, 0.1) is 5.92 Å². The minimum Gasteiger partial charge on any atom is -0.369 e. The zero-order valence-electron chi connectivity index (χ0n) is 13.5. The van der Waals surface area contributed by atoms with E-state index in [0.717, 1.165) is 28.9 Å². The molecule has 1 saturated carbocycles. The van der Waals surface area contributed by atoms with Gasteiger partial charge in [-0.2, -0.15) is 5.10 Å². The van der Waals surface area contributed by atoms with Crippen LogP contribution in [0.2, 0.25) is 0 Å². The molecule has 23 heavy (non-hydrogen) atoms. The Balaban J connectivity index is 1.71. The van der Waals surface area contributed by atoms with Gasteiger partial charge in [0, 0.05) is 25.2 Å². The van der Waals surface area contributed by atoms with Crippen LogP contribution in [0.3, 0.4) is 0 Å². The summed E-state index contributed by atoms with van der Waals surface area (Å²) in [7, 11) is 1.66. The molecule has 1 aliphatic heterocycles. The summed E-state index contributed by atoms with van der Waals surface area (Å²) >= 11 is 0. The van der Waals surface area contributed by atoms with Crippen LogP contribution in [0.25, 0.3) is 10.9 Å². The van der Waals surface area contributed by atoms with Gasteiger partial charge in [0.15, 0.2) is 5.96 Å². The fraction of sp³-hybridized carbons (Fsp3) is 0.471. The van der Waals surface area contributed by atoms with Gasteiger partial charge in [0.25, 0.3) is 0 Å². The van der Waals surface area contributed by atoms with Crippen LogP contribution in [0.4, 0.5) is 0 Å². The highest BCUT2D eigenvalue weighted by atomic mass is 16.2. The fourth-order valence-electron chi connectivity index (χ4n) is 3.14. The van der Waals surface area contributed by atoms with Crippen LogP contribution in [-0.2, 0) is 16.9 Å². The van der Waals surface area contributed by atoms with Gasteiger partial charge >= 0.3 is 0 Å². The maximum Gasteiger partial charge on any atom is 0.231 e. The minimum atomic E-state index is -0.623. The van der Waals surface area contributed by atoms with Crippen molar-refractivity contribution in [2.45, 2.75) is 38.3 Å². The number of aromatic nitrogens is 2. The molecule has 2 aromatic rings. The van der Waals surface area contributed by atoms with Crippen molar-refractivity contribution in [2.24, 2.45) is 16.6 Å². The van der Waals surface area contributed by atoms with Gasteiger partial charge in [-0.3, -0.25) is 14.4 Å². The lowest BCUT2D eigenvalue weighted by Gasteiger charge is -2.33. The van der Waals surface area contributed by atoms with Crippen molar-refractivity contribution >= 4 is 22.8 Å². The first-order valence-electron chi connectivity index (χ1n) is 8.04. The van der Waals surface area contributed by atoms with E-state index < -0.39 is 5.54 Å². The summed E-state index contributed by atoms with van der Waals surface area (Å²) in [6.07, 6.45) is 5.03.